The van der Waals surface area contributed by atoms with Crippen molar-refractivity contribution in [2.75, 3.05) is 6.54 Å². The summed E-state index contributed by atoms with van der Waals surface area (Å²) >= 11 is 1.40. The lowest BCUT2D eigenvalue weighted by atomic mass is 10.1. The number of phenolic OH excluding ortho intramolecular Hbond substituents is 1. The standard InChI is InChI=1S/C21H20N2O5S/c24-15-23(28-14-16-5-2-1-3-6-16)11-18-17(7-4-8-19(18)25)20-12-22(9-10-29-20)13-21(26)27/h1-10,12,15,25H,11,13-14H2,(H,26,27). The van der Waals surface area contributed by atoms with Crippen molar-refractivity contribution >= 4 is 29.0 Å². The topological polar surface area (TPSA) is 90.3 Å². The molecule has 1 amide bonds. The van der Waals surface area contributed by atoms with E-state index in [0.29, 0.717) is 17.5 Å². The molecule has 150 valence electrons. The maximum absolute atomic E-state index is 11.5. The zero-order valence-electron chi connectivity index (χ0n) is 15.5. The number of aliphatic carboxylic acids is 1. The van der Waals surface area contributed by atoms with E-state index in [-0.39, 0.29) is 25.4 Å². The van der Waals surface area contributed by atoms with Crippen LogP contribution in [0.4, 0.5) is 0 Å². The van der Waals surface area contributed by atoms with E-state index in [1.165, 1.54) is 17.8 Å². The van der Waals surface area contributed by atoms with E-state index < -0.39 is 5.97 Å². The molecule has 1 aliphatic rings. The van der Waals surface area contributed by atoms with Gasteiger partial charge in [-0.05, 0) is 22.6 Å². The molecule has 0 spiro atoms. The Kier molecular flexibility index (Phi) is 6.94. The van der Waals surface area contributed by atoms with Gasteiger partial charge < -0.3 is 15.1 Å². The number of carbonyl (C=O) groups excluding carboxylic acids is 1. The van der Waals surface area contributed by atoms with Gasteiger partial charge in [0.1, 0.15) is 18.9 Å². The average Bonchev–Trinajstić information content (AvgIpc) is 2.72. The highest BCUT2D eigenvalue weighted by Crippen LogP contribution is 2.37. The number of nitrogens with zero attached hydrogens (tertiary/aromatic N) is 2. The number of carboxylic acid groups (broad SMARTS) is 1. The lowest BCUT2D eigenvalue weighted by molar-refractivity contribution is -0.181. The van der Waals surface area contributed by atoms with Crippen LogP contribution < -0.4 is 0 Å². The zero-order valence-corrected chi connectivity index (χ0v) is 16.3. The first-order valence-corrected chi connectivity index (χ1v) is 9.67. The Morgan fingerprint density at radius 1 is 1.17 bits per heavy atom. The fourth-order valence-electron chi connectivity index (χ4n) is 2.77. The maximum atomic E-state index is 11.5. The predicted octanol–water partition coefficient (Wildman–Crippen LogP) is 3.39. The molecular formula is C21H20N2O5S. The van der Waals surface area contributed by atoms with E-state index in [1.807, 2.05) is 36.4 Å². The number of rotatable bonds is 9. The van der Waals surface area contributed by atoms with Gasteiger partial charge >= 0.3 is 5.97 Å². The van der Waals surface area contributed by atoms with Gasteiger partial charge in [-0.15, -0.1) is 0 Å². The predicted molar refractivity (Wildman–Crippen MR) is 110 cm³/mol. The molecule has 0 atom stereocenters. The Morgan fingerprint density at radius 3 is 2.69 bits per heavy atom. The van der Waals surface area contributed by atoms with E-state index >= 15 is 0 Å². The number of benzene rings is 2. The van der Waals surface area contributed by atoms with Gasteiger partial charge in [0.2, 0.25) is 6.41 Å². The Balaban J connectivity index is 1.79. The summed E-state index contributed by atoms with van der Waals surface area (Å²) in [5, 5.41) is 22.3. The van der Waals surface area contributed by atoms with Crippen LogP contribution >= 0.6 is 11.8 Å². The number of hydrogen-bond donors (Lipinski definition) is 2. The third-order valence-electron chi connectivity index (χ3n) is 4.14. The van der Waals surface area contributed by atoms with Crippen molar-refractivity contribution in [1.82, 2.24) is 9.96 Å². The summed E-state index contributed by atoms with van der Waals surface area (Å²) in [4.78, 5) is 30.4. The second-order valence-electron chi connectivity index (χ2n) is 6.21. The fourth-order valence-corrected chi connectivity index (χ4v) is 3.64. The van der Waals surface area contributed by atoms with Crippen molar-refractivity contribution in [3.63, 3.8) is 0 Å². The fraction of sp³-hybridized carbons (Fsp3) is 0.143. The molecule has 8 heteroatoms. The first-order valence-electron chi connectivity index (χ1n) is 8.79. The third-order valence-corrected chi connectivity index (χ3v) is 4.97. The first-order chi connectivity index (χ1) is 14.1. The van der Waals surface area contributed by atoms with E-state index in [1.54, 1.807) is 28.8 Å². The molecule has 2 aromatic carbocycles. The molecule has 0 fully saturated rings. The molecule has 29 heavy (non-hydrogen) atoms. The minimum absolute atomic E-state index is 0.0264. The minimum atomic E-state index is -0.949. The second-order valence-corrected chi connectivity index (χ2v) is 7.15. The number of hydrogen-bond acceptors (Lipinski definition) is 6. The van der Waals surface area contributed by atoms with Gasteiger partial charge in [-0.1, -0.05) is 54.2 Å². The molecule has 0 saturated heterocycles. The average molecular weight is 412 g/mol. The summed E-state index contributed by atoms with van der Waals surface area (Å²) in [5.41, 5.74) is 2.12. The molecule has 0 radical (unpaired) electrons. The van der Waals surface area contributed by atoms with Crippen LogP contribution in [0.5, 0.6) is 5.75 Å². The summed E-state index contributed by atoms with van der Waals surface area (Å²) < 4.78 is 0. The first kappa shape index (κ1) is 20.5. The van der Waals surface area contributed by atoms with Gasteiger partial charge in [-0.3, -0.25) is 14.4 Å². The highest BCUT2D eigenvalue weighted by atomic mass is 32.2. The molecule has 0 aromatic heterocycles. The molecule has 0 aliphatic carbocycles. The molecule has 2 aromatic rings. The number of carboxylic acids is 1. The van der Waals surface area contributed by atoms with Gasteiger partial charge in [0.25, 0.3) is 0 Å². The van der Waals surface area contributed by atoms with Crippen molar-refractivity contribution < 1.29 is 24.6 Å². The molecule has 0 unspecified atom stereocenters. The minimum Gasteiger partial charge on any atom is -0.508 e. The highest BCUT2D eigenvalue weighted by Gasteiger charge is 2.18. The van der Waals surface area contributed by atoms with Crippen LogP contribution in [0.2, 0.25) is 0 Å². The van der Waals surface area contributed by atoms with E-state index in [4.69, 9.17) is 9.94 Å². The van der Waals surface area contributed by atoms with Crippen molar-refractivity contribution in [3.05, 3.63) is 83.0 Å². The summed E-state index contributed by atoms with van der Waals surface area (Å²) in [6.45, 7) is 0.0866. The third kappa shape index (κ3) is 5.63. The summed E-state index contributed by atoms with van der Waals surface area (Å²) in [6.07, 6.45) is 3.94. The number of amides is 1. The van der Waals surface area contributed by atoms with Crippen molar-refractivity contribution in [2.24, 2.45) is 0 Å². The summed E-state index contributed by atoms with van der Waals surface area (Å²) in [7, 11) is 0. The number of carbonyl (C=O) groups is 2. The lowest BCUT2D eigenvalue weighted by Crippen LogP contribution is -2.23. The molecule has 1 aliphatic heterocycles. The molecule has 7 nitrogen and oxygen atoms in total. The quantitative estimate of drug-likeness (QED) is 0.482. The van der Waals surface area contributed by atoms with Gasteiger partial charge in [0.05, 0.1) is 6.54 Å². The summed E-state index contributed by atoms with van der Waals surface area (Å²) in [5.74, 6) is -0.923. The van der Waals surface area contributed by atoms with Crippen LogP contribution in [-0.4, -0.2) is 39.1 Å². The lowest BCUT2D eigenvalue weighted by Gasteiger charge is -2.23. The number of thioether (sulfide) groups is 1. The molecule has 3 rings (SSSR count). The van der Waals surface area contributed by atoms with Crippen molar-refractivity contribution in [3.8, 4) is 5.75 Å². The second kappa shape index (κ2) is 9.81. The molecular weight excluding hydrogens is 392 g/mol. The van der Waals surface area contributed by atoms with E-state index in [0.717, 1.165) is 15.5 Å². The van der Waals surface area contributed by atoms with Crippen LogP contribution in [0.25, 0.3) is 4.91 Å². The number of phenols is 1. The van der Waals surface area contributed by atoms with Gasteiger partial charge in [0, 0.05) is 22.9 Å². The van der Waals surface area contributed by atoms with E-state index in [9.17, 15) is 14.7 Å². The van der Waals surface area contributed by atoms with E-state index in [2.05, 4.69) is 0 Å². The zero-order chi connectivity index (χ0) is 20.6. The number of aromatic hydroxyl groups is 1. The number of hydroxylamine groups is 2. The Hall–Kier alpha value is -3.23. The largest absolute Gasteiger partial charge is 0.508 e. The van der Waals surface area contributed by atoms with Crippen LogP contribution in [0, 0.1) is 0 Å². The summed E-state index contributed by atoms with van der Waals surface area (Å²) in [6, 6.07) is 14.5. The van der Waals surface area contributed by atoms with Gasteiger partial charge in [-0.2, -0.15) is 0 Å². The van der Waals surface area contributed by atoms with Gasteiger partial charge in [-0.25, -0.2) is 5.06 Å². The van der Waals surface area contributed by atoms with Crippen LogP contribution in [0.1, 0.15) is 16.7 Å². The van der Waals surface area contributed by atoms with Crippen LogP contribution in [0.15, 0.2) is 66.3 Å². The van der Waals surface area contributed by atoms with Crippen molar-refractivity contribution in [1.29, 1.82) is 0 Å². The SMILES string of the molecule is O=CN(Cc1c(O)cccc1C1=CN(CC(=O)O)C=CS1)OCc1ccccc1. The smallest absolute Gasteiger partial charge is 0.323 e. The van der Waals surface area contributed by atoms with Crippen LogP contribution in [-0.2, 0) is 27.6 Å². The molecule has 0 bridgehead atoms. The molecule has 0 saturated carbocycles. The van der Waals surface area contributed by atoms with Crippen LogP contribution in [0.3, 0.4) is 0 Å². The monoisotopic (exact) mass is 412 g/mol. The maximum Gasteiger partial charge on any atom is 0.323 e. The highest BCUT2D eigenvalue weighted by molar-refractivity contribution is 8.11. The molecule has 1 heterocycles. The van der Waals surface area contributed by atoms with Crippen molar-refractivity contribution in [2.45, 2.75) is 13.2 Å². The Morgan fingerprint density at radius 2 is 1.97 bits per heavy atom. The normalized spacial score (nSPS) is 13.1. The Bertz CT molecular complexity index is 930. The van der Waals surface area contributed by atoms with Gasteiger partial charge in [0.15, 0.2) is 0 Å². The molecule has 2 N–H and O–H groups in total. The Labute approximate surface area is 172 Å².